The fraction of sp³-hybridized carbons (Fsp3) is 0.300. The molecular formula is C10H11ClN4S. The maximum absolute atomic E-state index is 5.72. The van der Waals surface area contributed by atoms with Gasteiger partial charge in [0.25, 0.3) is 0 Å². The van der Waals surface area contributed by atoms with E-state index in [-0.39, 0.29) is 0 Å². The van der Waals surface area contributed by atoms with Gasteiger partial charge in [-0.3, -0.25) is 4.98 Å². The Balaban J connectivity index is 1.84. The number of aromatic nitrogens is 3. The first-order valence-electron chi connectivity index (χ1n) is 4.86. The van der Waals surface area contributed by atoms with Gasteiger partial charge in [0.05, 0.1) is 17.4 Å². The lowest BCUT2D eigenvalue weighted by atomic mass is 10.4. The molecule has 0 aromatic carbocycles. The molecule has 2 aromatic heterocycles. The van der Waals surface area contributed by atoms with Crippen molar-refractivity contribution in [2.24, 2.45) is 0 Å². The van der Waals surface area contributed by atoms with Gasteiger partial charge in [-0.1, -0.05) is 11.6 Å². The summed E-state index contributed by atoms with van der Waals surface area (Å²) in [6, 6.07) is 0. The lowest BCUT2D eigenvalue weighted by molar-refractivity contribution is 0.973. The maximum Gasteiger partial charge on any atom is 0.149 e. The molecule has 2 heterocycles. The van der Waals surface area contributed by atoms with Gasteiger partial charge < -0.3 is 5.32 Å². The molecular weight excluding hydrogens is 244 g/mol. The number of hydrogen-bond donors (Lipinski definition) is 1. The average molecular weight is 255 g/mol. The fourth-order valence-electron chi connectivity index (χ4n) is 1.24. The number of nitrogens with zero attached hydrogens (tertiary/aromatic N) is 3. The predicted octanol–water partition coefficient (Wildman–Crippen LogP) is 2.55. The molecule has 6 heteroatoms. The van der Waals surface area contributed by atoms with E-state index in [0.717, 1.165) is 23.7 Å². The zero-order chi connectivity index (χ0) is 11.4. The second-order valence-electron chi connectivity index (χ2n) is 3.29. The molecule has 0 saturated heterocycles. The van der Waals surface area contributed by atoms with Crippen molar-refractivity contribution in [2.45, 2.75) is 13.3 Å². The van der Waals surface area contributed by atoms with Gasteiger partial charge in [0.15, 0.2) is 0 Å². The molecule has 0 fully saturated rings. The summed E-state index contributed by atoms with van der Waals surface area (Å²) >= 11 is 7.39. The molecule has 0 aliphatic heterocycles. The van der Waals surface area contributed by atoms with Crippen LogP contribution in [0, 0.1) is 6.92 Å². The molecule has 0 atom stereocenters. The van der Waals surface area contributed by atoms with Crippen molar-refractivity contribution in [3.63, 3.8) is 0 Å². The van der Waals surface area contributed by atoms with E-state index in [1.165, 1.54) is 6.20 Å². The SMILES string of the molecule is Cc1csc(CCNc2cncc(Cl)n2)n1. The number of thiazole rings is 1. The Morgan fingerprint density at radius 1 is 1.38 bits per heavy atom. The zero-order valence-electron chi connectivity index (χ0n) is 8.77. The third-order valence-corrected chi connectivity index (χ3v) is 3.13. The molecule has 0 amide bonds. The van der Waals surface area contributed by atoms with Crippen LogP contribution in [0.4, 0.5) is 5.82 Å². The van der Waals surface area contributed by atoms with Crippen molar-refractivity contribution in [1.29, 1.82) is 0 Å². The number of anilines is 1. The van der Waals surface area contributed by atoms with Crippen LogP contribution in [0.15, 0.2) is 17.8 Å². The molecule has 1 N–H and O–H groups in total. The van der Waals surface area contributed by atoms with Crippen LogP contribution in [0.25, 0.3) is 0 Å². The standard InChI is InChI=1S/C10H11ClN4S/c1-7-6-16-10(14-7)2-3-13-9-5-12-4-8(11)15-9/h4-6H,2-3H2,1H3,(H,13,15). The summed E-state index contributed by atoms with van der Waals surface area (Å²) in [6.45, 7) is 2.78. The van der Waals surface area contributed by atoms with Gasteiger partial charge in [0, 0.05) is 24.0 Å². The molecule has 0 spiro atoms. The van der Waals surface area contributed by atoms with Crippen LogP contribution in [-0.2, 0) is 6.42 Å². The minimum Gasteiger partial charge on any atom is -0.368 e. The smallest absolute Gasteiger partial charge is 0.149 e. The summed E-state index contributed by atoms with van der Waals surface area (Å²) in [4.78, 5) is 12.4. The molecule has 2 rings (SSSR count). The Kier molecular flexibility index (Phi) is 3.69. The van der Waals surface area contributed by atoms with Crippen LogP contribution in [0.5, 0.6) is 0 Å². The molecule has 2 aromatic rings. The molecule has 0 aliphatic carbocycles. The first-order chi connectivity index (χ1) is 7.74. The zero-order valence-corrected chi connectivity index (χ0v) is 10.3. The predicted molar refractivity (Wildman–Crippen MR) is 66.1 cm³/mol. The Morgan fingerprint density at radius 2 is 2.25 bits per heavy atom. The molecule has 0 radical (unpaired) electrons. The van der Waals surface area contributed by atoms with Gasteiger partial charge in [-0.05, 0) is 6.92 Å². The quantitative estimate of drug-likeness (QED) is 0.911. The Labute approximate surface area is 103 Å². The summed E-state index contributed by atoms with van der Waals surface area (Å²) in [5.74, 6) is 0.695. The van der Waals surface area contributed by atoms with E-state index < -0.39 is 0 Å². The van der Waals surface area contributed by atoms with Crippen LogP contribution in [0.3, 0.4) is 0 Å². The van der Waals surface area contributed by atoms with Crippen molar-refractivity contribution in [1.82, 2.24) is 15.0 Å². The van der Waals surface area contributed by atoms with Crippen molar-refractivity contribution in [2.75, 3.05) is 11.9 Å². The normalized spacial score (nSPS) is 10.4. The van der Waals surface area contributed by atoms with Gasteiger partial charge in [-0.2, -0.15) is 0 Å². The summed E-state index contributed by atoms with van der Waals surface area (Å²) < 4.78 is 0. The van der Waals surface area contributed by atoms with E-state index in [1.807, 2.05) is 6.92 Å². The summed E-state index contributed by atoms with van der Waals surface area (Å²) in [6.07, 6.45) is 4.04. The summed E-state index contributed by atoms with van der Waals surface area (Å²) in [7, 11) is 0. The van der Waals surface area contributed by atoms with E-state index in [2.05, 4.69) is 25.6 Å². The number of rotatable bonds is 4. The third kappa shape index (κ3) is 3.15. The number of nitrogens with one attached hydrogen (secondary N) is 1. The van der Waals surface area contributed by atoms with Crippen LogP contribution in [0.2, 0.25) is 5.15 Å². The maximum atomic E-state index is 5.72. The highest BCUT2D eigenvalue weighted by Gasteiger charge is 1.99. The van der Waals surface area contributed by atoms with E-state index in [9.17, 15) is 0 Å². The Morgan fingerprint density at radius 3 is 2.94 bits per heavy atom. The minimum atomic E-state index is 0.398. The Bertz CT molecular complexity index is 471. The summed E-state index contributed by atoms with van der Waals surface area (Å²) in [5, 5.41) is 6.73. The Hall–Kier alpha value is -1.20. The molecule has 0 saturated carbocycles. The van der Waals surface area contributed by atoms with Crippen molar-refractivity contribution in [3.05, 3.63) is 33.6 Å². The number of halogens is 1. The second-order valence-corrected chi connectivity index (χ2v) is 4.62. The molecule has 0 unspecified atom stereocenters. The first-order valence-corrected chi connectivity index (χ1v) is 6.12. The lowest BCUT2D eigenvalue weighted by Gasteiger charge is -2.03. The van der Waals surface area contributed by atoms with Crippen molar-refractivity contribution >= 4 is 28.8 Å². The number of hydrogen-bond acceptors (Lipinski definition) is 5. The monoisotopic (exact) mass is 254 g/mol. The van der Waals surface area contributed by atoms with Gasteiger partial charge >= 0.3 is 0 Å². The highest BCUT2D eigenvalue weighted by atomic mass is 35.5. The lowest BCUT2D eigenvalue weighted by Crippen LogP contribution is -2.06. The van der Waals surface area contributed by atoms with Gasteiger partial charge in [0.2, 0.25) is 0 Å². The third-order valence-electron chi connectivity index (χ3n) is 1.92. The average Bonchev–Trinajstić information content (AvgIpc) is 2.64. The summed E-state index contributed by atoms with van der Waals surface area (Å²) in [5.41, 5.74) is 1.07. The highest BCUT2D eigenvalue weighted by Crippen LogP contribution is 2.10. The van der Waals surface area contributed by atoms with Crippen LogP contribution >= 0.6 is 22.9 Å². The number of aryl methyl sites for hydroxylation is 1. The van der Waals surface area contributed by atoms with Crippen LogP contribution in [-0.4, -0.2) is 21.5 Å². The van der Waals surface area contributed by atoms with Gasteiger partial charge in [-0.15, -0.1) is 11.3 Å². The van der Waals surface area contributed by atoms with E-state index in [1.54, 1.807) is 17.5 Å². The highest BCUT2D eigenvalue weighted by molar-refractivity contribution is 7.09. The van der Waals surface area contributed by atoms with Crippen LogP contribution in [0.1, 0.15) is 10.7 Å². The van der Waals surface area contributed by atoms with E-state index >= 15 is 0 Å². The molecule has 0 bridgehead atoms. The topological polar surface area (TPSA) is 50.7 Å². The van der Waals surface area contributed by atoms with Crippen molar-refractivity contribution in [3.8, 4) is 0 Å². The molecule has 84 valence electrons. The van der Waals surface area contributed by atoms with E-state index in [0.29, 0.717) is 11.0 Å². The molecule has 4 nitrogen and oxygen atoms in total. The van der Waals surface area contributed by atoms with E-state index in [4.69, 9.17) is 11.6 Å². The first kappa shape index (κ1) is 11.3. The largest absolute Gasteiger partial charge is 0.368 e. The molecule has 0 aliphatic rings. The molecule has 16 heavy (non-hydrogen) atoms. The second kappa shape index (κ2) is 5.23. The fourth-order valence-corrected chi connectivity index (χ4v) is 2.17. The van der Waals surface area contributed by atoms with Crippen LogP contribution < -0.4 is 5.32 Å². The van der Waals surface area contributed by atoms with Crippen molar-refractivity contribution < 1.29 is 0 Å². The van der Waals surface area contributed by atoms with Gasteiger partial charge in [-0.25, -0.2) is 9.97 Å². The van der Waals surface area contributed by atoms with Gasteiger partial charge in [0.1, 0.15) is 11.0 Å². The minimum absolute atomic E-state index is 0.398.